The molecule has 2 aliphatic heterocycles. The molecule has 0 aromatic carbocycles. The van der Waals surface area contributed by atoms with E-state index in [-0.39, 0.29) is 10.7 Å². The third-order valence-corrected chi connectivity index (χ3v) is 6.13. The van der Waals surface area contributed by atoms with Gasteiger partial charge in [0.2, 0.25) is 24.3 Å². The van der Waals surface area contributed by atoms with Crippen LogP contribution in [0.5, 0.6) is 0 Å². The molecule has 10 heteroatoms. The van der Waals surface area contributed by atoms with Crippen molar-refractivity contribution in [2.75, 3.05) is 13.1 Å². The molecule has 2 heterocycles. The summed E-state index contributed by atoms with van der Waals surface area (Å²) >= 11 is 3.15. The van der Waals surface area contributed by atoms with Crippen LogP contribution in [-0.2, 0) is 19.2 Å². The van der Waals surface area contributed by atoms with Crippen molar-refractivity contribution in [3.63, 3.8) is 0 Å². The van der Waals surface area contributed by atoms with Gasteiger partial charge in [-0.2, -0.15) is 21.7 Å². The molecule has 2 fully saturated rings. The molecule has 2 rings (SSSR count). The van der Waals surface area contributed by atoms with E-state index in [1.807, 2.05) is 0 Å². The summed E-state index contributed by atoms with van der Waals surface area (Å²) in [5, 5.41) is 0.672. The van der Waals surface area contributed by atoms with Gasteiger partial charge >= 0.3 is 0 Å². The fourth-order valence-corrected chi connectivity index (χ4v) is 4.76. The molecular formula is C14H16N4O4S2. The molecule has 4 unspecified atom stereocenters. The van der Waals surface area contributed by atoms with Crippen molar-refractivity contribution in [1.29, 1.82) is 0 Å². The number of hydrogen-bond acceptors (Lipinski definition) is 10. The van der Waals surface area contributed by atoms with Gasteiger partial charge in [-0.05, 0) is 25.7 Å². The van der Waals surface area contributed by atoms with E-state index < -0.39 is 0 Å². The predicted octanol–water partition coefficient (Wildman–Crippen LogP) is 1.76. The molecule has 0 N–H and O–H groups in total. The minimum atomic E-state index is -0.0606. The first kappa shape index (κ1) is 20.3. The van der Waals surface area contributed by atoms with E-state index in [0.717, 1.165) is 25.7 Å². The maximum atomic E-state index is 9.84. The molecule has 0 aliphatic carbocycles. The highest BCUT2D eigenvalue weighted by molar-refractivity contribution is 8.01. The van der Waals surface area contributed by atoms with Gasteiger partial charge in [0.15, 0.2) is 0 Å². The summed E-state index contributed by atoms with van der Waals surface area (Å²) in [4.78, 5) is 53.4. The van der Waals surface area contributed by atoms with Gasteiger partial charge in [-0.15, -0.1) is 11.8 Å². The van der Waals surface area contributed by atoms with Crippen molar-refractivity contribution >= 4 is 47.8 Å². The molecule has 0 aromatic rings. The molecule has 8 nitrogen and oxygen atoms in total. The Bertz CT molecular complexity index is 542. The second kappa shape index (κ2) is 12.6. The van der Waals surface area contributed by atoms with Gasteiger partial charge in [-0.25, -0.2) is 29.2 Å². The number of hydrogen-bond donors (Lipinski definition) is 0. The van der Waals surface area contributed by atoms with Crippen LogP contribution in [0, 0.1) is 0 Å². The Morgan fingerprint density at radius 1 is 0.667 bits per heavy atom. The Morgan fingerprint density at radius 2 is 1.12 bits per heavy atom. The largest absolute Gasteiger partial charge is 0.236 e. The van der Waals surface area contributed by atoms with E-state index in [2.05, 4.69) is 20.0 Å². The number of isocyanates is 4. The van der Waals surface area contributed by atoms with Gasteiger partial charge in [0, 0.05) is 10.5 Å². The Kier molecular flexibility index (Phi) is 10.7. The molecule has 0 bridgehead atoms. The zero-order valence-corrected chi connectivity index (χ0v) is 14.4. The minimum Gasteiger partial charge on any atom is -0.211 e. The second-order valence-corrected chi connectivity index (χ2v) is 7.85. The van der Waals surface area contributed by atoms with Gasteiger partial charge in [0.05, 0.1) is 13.1 Å². The van der Waals surface area contributed by atoms with Crippen LogP contribution in [-0.4, -0.2) is 58.7 Å². The highest BCUT2D eigenvalue weighted by Gasteiger charge is 2.25. The molecule has 0 spiro atoms. The summed E-state index contributed by atoms with van der Waals surface area (Å²) in [5.74, 6) is 0. The molecule has 0 amide bonds. The van der Waals surface area contributed by atoms with E-state index in [1.165, 1.54) is 36.1 Å². The summed E-state index contributed by atoms with van der Waals surface area (Å²) in [6, 6.07) is 0. The van der Waals surface area contributed by atoms with Crippen LogP contribution in [0.4, 0.5) is 0 Å². The van der Waals surface area contributed by atoms with Crippen molar-refractivity contribution < 1.29 is 19.2 Å². The Balaban J connectivity index is 0.000000243. The SMILES string of the molecule is O=C=NC1CCC(N=C=O)S1.O=C=NCC1CCC(CN=C=O)S1. The lowest BCUT2D eigenvalue weighted by Gasteiger charge is -2.04. The molecule has 0 radical (unpaired) electrons. The number of aliphatic imine (C=N–C) groups is 4. The van der Waals surface area contributed by atoms with Gasteiger partial charge in [-0.1, -0.05) is 0 Å². The lowest BCUT2D eigenvalue weighted by atomic mass is 10.2. The van der Waals surface area contributed by atoms with Gasteiger partial charge in [0.25, 0.3) is 0 Å². The second-order valence-electron chi connectivity index (χ2n) is 4.88. The van der Waals surface area contributed by atoms with Crippen molar-refractivity contribution in [3.8, 4) is 0 Å². The van der Waals surface area contributed by atoms with Crippen molar-refractivity contribution in [2.45, 2.75) is 46.9 Å². The molecule has 24 heavy (non-hydrogen) atoms. The molecule has 0 aromatic heterocycles. The first-order valence-corrected chi connectivity index (χ1v) is 9.14. The molecule has 128 valence electrons. The third kappa shape index (κ3) is 8.18. The molecule has 4 atom stereocenters. The highest BCUT2D eigenvalue weighted by Crippen LogP contribution is 2.34. The first-order valence-electron chi connectivity index (χ1n) is 7.25. The normalized spacial score (nSPS) is 27.3. The molecular weight excluding hydrogens is 352 g/mol. The number of thioether (sulfide) groups is 2. The standard InChI is InChI=1S/C8H10N2O2S.C6H6N2O2S/c11-5-9-3-7-1-2-8(13-7)4-10-6-12;9-3-7-5-1-2-6(11-5)8-4-10/h7-8H,1-4H2;5-6H,1-2H2. The molecule has 2 saturated heterocycles. The summed E-state index contributed by atoms with van der Waals surface area (Å²) in [5.41, 5.74) is 0. The zero-order valence-electron chi connectivity index (χ0n) is 12.8. The highest BCUT2D eigenvalue weighted by atomic mass is 32.2. The summed E-state index contributed by atoms with van der Waals surface area (Å²) in [6.07, 6.45) is 9.68. The average molecular weight is 368 g/mol. The summed E-state index contributed by atoms with van der Waals surface area (Å²) in [6.45, 7) is 1.07. The maximum absolute atomic E-state index is 9.84. The zero-order chi connectivity index (χ0) is 17.6. The van der Waals surface area contributed by atoms with Crippen LogP contribution in [0.25, 0.3) is 0 Å². The smallest absolute Gasteiger partial charge is 0.211 e. The van der Waals surface area contributed by atoms with E-state index in [0.29, 0.717) is 23.6 Å². The Hall–Kier alpha value is -1.78. The maximum Gasteiger partial charge on any atom is 0.236 e. The fourth-order valence-electron chi connectivity index (χ4n) is 2.24. The number of nitrogens with zero attached hydrogens (tertiary/aromatic N) is 4. The van der Waals surface area contributed by atoms with E-state index in [9.17, 15) is 19.2 Å². The van der Waals surface area contributed by atoms with E-state index >= 15 is 0 Å². The lowest BCUT2D eigenvalue weighted by molar-refractivity contribution is 0.559. The van der Waals surface area contributed by atoms with Gasteiger partial charge in [-0.3, -0.25) is 0 Å². The van der Waals surface area contributed by atoms with Gasteiger partial charge in [0.1, 0.15) is 10.7 Å². The number of rotatable bonds is 6. The lowest BCUT2D eigenvalue weighted by Crippen LogP contribution is -2.03. The quantitative estimate of drug-likeness (QED) is 0.521. The van der Waals surface area contributed by atoms with Crippen molar-refractivity contribution in [1.82, 2.24) is 0 Å². The topological polar surface area (TPSA) is 118 Å². The first-order chi connectivity index (χ1) is 11.7. The summed E-state index contributed by atoms with van der Waals surface area (Å²) in [7, 11) is 0. The van der Waals surface area contributed by atoms with Crippen molar-refractivity contribution in [2.24, 2.45) is 20.0 Å². The third-order valence-electron chi connectivity index (χ3n) is 3.28. The number of carbonyl (C=O) groups excluding carboxylic acids is 4. The van der Waals surface area contributed by atoms with Crippen LogP contribution in [0.3, 0.4) is 0 Å². The molecule has 2 aliphatic rings. The molecule has 0 saturated carbocycles. The Labute approximate surface area is 147 Å². The van der Waals surface area contributed by atoms with E-state index in [4.69, 9.17) is 0 Å². The van der Waals surface area contributed by atoms with Crippen LogP contribution in [0.2, 0.25) is 0 Å². The van der Waals surface area contributed by atoms with Crippen LogP contribution in [0.1, 0.15) is 25.7 Å². The Morgan fingerprint density at radius 3 is 1.50 bits per heavy atom. The van der Waals surface area contributed by atoms with E-state index in [1.54, 1.807) is 11.8 Å². The van der Waals surface area contributed by atoms with Gasteiger partial charge < -0.3 is 0 Å². The minimum absolute atomic E-state index is 0.0606. The van der Waals surface area contributed by atoms with Crippen LogP contribution in [0.15, 0.2) is 20.0 Å². The van der Waals surface area contributed by atoms with Crippen LogP contribution >= 0.6 is 23.5 Å². The average Bonchev–Trinajstić information content (AvgIpc) is 3.22. The predicted molar refractivity (Wildman–Crippen MR) is 91.0 cm³/mol. The summed E-state index contributed by atoms with van der Waals surface area (Å²) < 4.78 is 0. The fraction of sp³-hybridized carbons (Fsp3) is 0.714. The monoisotopic (exact) mass is 368 g/mol. The van der Waals surface area contributed by atoms with Crippen molar-refractivity contribution in [3.05, 3.63) is 0 Å². The van der Waals surface area contributed by atoms with Crippen LogP contribution < -0.4 is 0 Å².